The number of aromatic nitrogens is 2. The van der Waals surface area contributed by atoms with Gasteiger partial charge in [0.05, 0.1) is 23.1 Å². The van der Waals surface area contributed by atoms with Crippen molar-refractivity contribution in [1.82, 2.24) is 9.55 Å². The Labute approximate surface area is 142 Å². The Balaban J connectivity index is 1.83. The molecule has 2 heterocycles. The molecular formula is C17H17N3O3S. The first-order chi connectivity index (χ1) is 11.5. The second kappa shape index (κ2) is 6.45. The number of thiophene rings is 1. The summed E-state index contributed by atoms with van der Waals surface area (Å²) in [5.41, 5.74) is 6.86. The van der Waals surface area contributed by atoms with E-state index in [9.17, 15) is 9.59 Å². The molecule has 3 rings (SSSR count). The second-order valence-corrected chi connectivity index (χ2v) is 6.51. The normalized spacial score (nSPS) is 10.9. The zero-order valence-electron chi connectivity index (χ0n) is 13.4. The van der Waals surface area contributed by atoms with Crippen molar-refractivity contribution in [3.8, 4) is 5.75 Å². The third kappa shape index (κ3) is 3.03. The smallest absolute Gasteiger partial charge is 0.262 e. The van der Waals surface area contributed by atoms with Crippen LogP contribution >= 0.6 is 11.3 Å². The number of aryl methyl sites for hydroxylation is 2. The molecule has 1 amide bonds. The van der Waals surface area contributed by atoms with Crippen molar-refractivity contribution in [2.75, 3.05) is 6.61 Å². The minimum Gasteiger partial charge on any atom is -0.492 e. The number of hydrogen-bond acceptors (Lipinski definition) is 5. The fourth-order valence-electron chi connectivity index (χ4n) is 2.52. The molecular weight excluding hydrogens is 326 g/mol. The summed E-state index contributed by atoms with van der Waals surface area (Å²) in [6.45, 7) is 4.43. The van der Waals surface area contributed by atoms with Gasteiger partial charge in [-0.05, 0) is 37.1 Å². The monoisotopic (exact) mass is 343 g/mol. The summed E-state index contributed by atoms with van der Waals surface area (Å²) in [7, 11) is 0. The number of benzene rings is 1. The van der Waals surface area contributed by atoms with Gasteiger partial charge in [0, 0.05) is 0 Å². The molecule has 6 nitrogen and oxygen atoms in total. The maximum Gasteiger partial charge on any atom is 0.262 e. The lowest BCUT2D eigenvalue weighted by molar-refractivity contribution is 0.100. The molecule has 1 aromatic carbocycles. The number of primary amides is 1. The Bertz CT molecular complexity index is 975. The van der Waals surface area contributed by atoms with E-state index in [1.807, 2.05) is 31.2 Å². The van der Waals surface area contributed by atoms with E-state index < -0.39 is 5.91 Å². The van der Waals surface area contributed by atoms with Crippen LogP contribution in [0.4, 0.5) is 0 Å². The van der Waals surface area contributed by atoms with Crippen LogP contribution in [0.2, 0.25) is 0 Å². The average Bonchev–Trinajstić information content (AvgIpc) is 2.87. The van der Waals surface area contributed by atoms with Crippen LogP contribution in [-0.4, -0.2) is 22.1 Å². The van der Waals surface area contributed by atoms with Crippen LogP contribution in [0.15, 0.2) is 35.4 Å². The average molecular weight is 343 g/mol. The first kappa shape index (κ1) is 16.2. The molecule has 124 valence electrons. The van der Waals surface area contributed by atoms with Crippen molar-refractivity contribution in [2.45, 2.75) is 20.4 Å². The minimum atomic E-state index is -0.538. The van der Waals surface area contributed by atoms with E-state index >= 15 is 0 Å². The molecule has 0 atom stereocenters. The molecule has 0 saturated carbocycles. The molecule has 0 fully saturated rings. The van der Waals surface area contributed by atoms with Gasteiger partial charge < -0.3 is 10.5 Å². The molecule has 0 saturated heterocycles. The Hall–Kier alpha value is -2.67. The lowest BCUT2D eigenvalue weighted by Gasteiger charge is -2.08. The standard InChI is InChI=1S/C17H17N3O3S/c1-10-4-3-5-12(8-10)23-7-6-20-9-19-16-13(17(20)22)11(2)14(24-16)15(18)21/h3-5,8-9H,6-7H2,1-2H3,(H2,18,21). The van der Waals surface area contributed by atoms with E-state index in [1.54, 1.807) is 6.92 Å². The molecule has 7 heteroatoms. The highest BCUT2D eigenvalue weighted by Crippen LogP contribution is 2.26. The fourth-order valence-corrected chi connectivity index (χ4v) is 3.51. The second-order valence-electron chi connectivity index (χ2n) is 5.51. The molecule has 0 aliphatic rings. The summed E-state index contributed by atoms with van der Waals surface area (Å²) in [6.07, 6.45) is 1.48. The van der Waals surface area contributed by atoms with E-state index in [0.29, 0.717) is 33.8 Å². The highest BCUT2D eigenvalue weighted by atomic mass is 32.1. The van der Waals surface area contributed by atoms with Gasteiger partial charge in [-0.1, -0.05) is 12.1 Å². The number of hydrogen-bond donors (Lipinski definition) is 1. The maximum atomic E-state index is 12.6. The van der Waals surface area contributed by atoms with Crippen molar-refractivity contribution in [3.05, 3.63) is 57.0 Å². The summed E-state index contributed by atoms with van der Waals surface area (Å²) in [4.78, 5) is 29.2. The number of nitrogens with zero attached hydrogens (tertiary/aromatic N) is 2. The molecule has 0 aliphatic carbocycles. The number of ether oxygens (including phenoxy) is 1. The summed E-state index contributed by atoms with van der Waals surface area (Å²) < 4.78 is 7.16. The highest BCUT2D eigenvalue weighted by molar-refractivity contribution is 7.20. The Morgan fingerprint density at radius 1 is 1.38 bits per heavy atom. The van der Waals surface area contributed by atoms with Gasteiger partial charge in [0.15, 0.2) is 0 Å². The van der Waals surface area contributed by atoms with Crippen molar-refractivity contribution >= 4 is 27.5 Å². The van der Waals surface area contributed by atoms with Crippen molar-refractivity contribution in [3.63, 3.8) is 0 Å². The van der Waals surface area contributed by atoms with Crippen LogP contribution in [0.5, 0.6) is 5.75 Å². The summed E-state index contributed by atoms with van der Waals surface area (Å²) >= 11 is 1.15. The Morgan fingerprint density at radius 2 is 2.17 bits per heavy atom. The van der Waals surface area contributed by atoms with Gasteiger partial charge in [0.25, 0.3) is 11.5 Å². The topological polar surface area (TPSA) is 87.2 Å². The summed E-state index contributed by atoms with van der Waals surface area (Å²) in [5.74, 6) is 0.226. The summed E-state index contributed by atoms with van der Waals surface area (Å²) in [6, 6.07) is 7.72. The largest absolute Gasteiger partial charge is 0.492 e. The van der Waals surface area contributed by atoms with Crippen molar-refractivity contribution < 1.29 is 9.53 Å². The highest BCUT2D eigenvalue weighted by Gasteiger charge is 2.17. The SMILES string of the molecule is Cc1cccc(OCCn2cnc3sc(C(N)=O)c(C)c3c2=O)c1. The van der Waals surface area contributed by atoms with Crippen LogP contribution in [0.25, 0.3) is 10.2 Å². The van der Waals surface area contributed by atoms with Crippen LogP contribution in [0.3, 0.4) is 0 Å². The van der Waals surface area contributed by atoms with Gasteiger partial charge >= 0.3 is 0 Å². The zero-order chi connectivity index (χ0) is 17.3. The summed E-state index contributed by atoms with van der Waals surface area (Å²) in [5, 5.41) is 0.451. The van der Waals surface area contributed by atoms with Crippen molar-refractivity contribution in [2.24, 2.45) is 5.73 Å². The molecule has 0 spiro atoms. The van der Waals surface area contributed by atoms with Gasteiger partial charge in [0.1, 0.15) is 17.2 Å². The molecule has 0 bridgehead atoms. The Morgan fingerprint density at radius 3 is 2.88 bits per heavy atom. The minimum absolute atomic E-state index is 0.186. The molecule has 0 unspecified atom stereocenters. The molecule has 3 aromatic rings. The molecule has 2 N–H and O–H groups in total. The number of amides is 1. The predicted octanol–water partition coefficient (Wildman–Crippen LogP) is 2.25. The van der Waals surface area contributed by atoms with Crippen LogP contribution < -0.4 is 16.0 Å². The Kier molecular flexibility index (Phi) is 4.35. The van der Waals surface area contributed by atoms with Crippen molar-refractivity contribution in [1.29, 1.82) is 0 Å². The van der Waals surface area contributed by atoms with Gasteiger partial charge in [-0.3, -0.25) is 14.2 Å². The number of carbonyl (C=O) groups excluding carboxylic acids is 1. The van der Waals surface area contributed by atoms with E-state index in [0.717, 1.165) is 22.6 Å². The van der Waals surface area contributed by atoms with E-state index in [4.69, 9.17) is 10.5 Å². The first-order valence-corrected chi connectivity index (χ1v) is 8.27. The molecule has 0 radical (unpaired) electrons. The lowest BCUT2D eigenvalue weighted by Crippen LogP contribution is -2.23. The van der Waals surface area contributed by atoms with E-state index in [-0.39, 0.29) is 5.56 Å². The molecule has 0 aliphatic heterocycles. The van der Waals surface area contributed by atoms with Gasteiger partial charge in [-0.2, -0.15) is 0 Å². The first-order valence-electron chi connectivity index (χ1n) is 7.45. The number of fused-ring (bicyclic) bond motifs is 1. The third-order valence-electron chi connectivity index (χ3n) is 3.73. The van der Waals surface area contributed by atoms with Crippen LogP contribution in [0, 0.1) is 13.8 Å². The fraction of sp³-hybridized carbons (Fsp3) is 0.235. The lowest BCUT2D eigenvalue weighted by atomic mass is 10.2. The van der Waals surface area contributed by atoms with E-state index in [2.05, 4.69) is 4.98 Å². The van der Waals surface area contributed by atoms with Gasteiger partial charge in [0.2, 0.25) is 0 Å². The van der Waals surface area contributed by atoms with Crippen LogP contribution in [0.1, 0.15) is 20.8 Å². The molecule has 2 aromatic heterocycles. The molecule has 24 heavy (non-hydrogen) atoms. The number of rotatable bonds is 5. The van der Waals surface area contributed by atoms with Crippen LogP contribution in [-0.2, 0) is 6.54 Å². The third-order valence-corrected chi connectivity index (χ3v) is 4.95. The van der Waals surface area contributed by atoms with Gasteiger partial charge in [-0.15, -0.1) is 11.3 Å². The zero-order valence-corrected chi connectivity index (χ0v) is 14.2. The predicted molar refractivity (Wildman–Crippen MR) is 93.8 cm³/mol. The number of nitrogens with two attached hydrogens (primary N) is 1. The quantitative estimate of drug-likeness (QED) is 0.770. The maximum absolute atomic E-state index is 12.6. The van der Waals surface area contributed by atoms with E-state index in [1.165, 1.54) is 10.9 Å². The van der Waals surface area contributed by atoms with Gasteiger partial charge in [-0.25, -0.2) is 4.98 Å². The number of carbonyl (C=O) groups is 1.